The fourth-order valence-corrected chi connectivity index (χ4v) is 2.81. The van der Waals surface area contributed by atoms with Crippen LogP contribution in [0.2, 0.25) is 0 Å². The molecule has 1 amide bonds. The SMILES string of the molecule is CC(=O)c1ccc(NC(=O)[C@H](C)OC(=O)Cc2coc3cc(C)ccc23)cc1. The molecule has 0 spiro atoms. The molecule has 2 aromatic carbocycles. The average molecular weight is 379 g/mol. The van der Waals surface area contributed by atoms with Crippen LogP contribution in [0.3, 0.4) is 0 Å². The minimum absolute atomic E-state index is 0.0149. The number of ether oxygens (including phenoxy) is 1. The van der Waals surface area contributed by atoms with E-state index in [1.807, 2.05) is 25.1 Å². The Morgan fingerprint density at radius 3 is 2.50 bits per heavy atom. The summed E-state index contributed by atoms with van der Waals surface area (Å²) in [5, 5.41) is 3.51. The van der Waals surface area contributed by atoms with Crippen molar-refractivity contribution in [2.24, 2.45) is 0 Å². The number of nitrogens with one attached hydrogen (secondary N) is 1. The second kappa shape index (κ2) is 8.08. The maximum absolute atomic E-state index is 12.2. The highest BCUT2D eigenvalue weighted by molar-refractivity contribution is 5.97. The number of aryl methyl sites for hydroxylation is 1. The lowest BCUT2D eigenvalue weighted by molar-refractivity contribution is -0.152. The van der Waals surface area contributed by atoms with Gasteiger partial charge in [0, 0.05) is 22.2 Å². The number of ketones is 1. The predicted molar refractivity (Wildman–Crippen MR) is 105 cm³/mol. The second-order valence-corrected chi connectivity index (χ2v) is 6.69. The molecule has 0 aliphatic heterocycles. The summed E-state index contributed by atoms with van der Waals surface area (Å²) in [6.45, 7) is 4.94. The van der Waals surface area contributed by atoms with Crippen LogP contribution in [-0.2, 0) is 20.7 Å². The number of fused-ring (bicyclic) bond motifs is 1. The first-order valence-corrected chi connectivity index (χ1v) is 8.91. The van der Waals surface area contributed by atoms with Crippen LogP contribution in [0, 0.1) is 6.92 Å². The van der Waals surface area contributed by atoms with Crippen molar-refractivity contribution in [3.63, 3.8) is 0 Å². The van der Waals surface area contributed by atoms with Gasteiger partial charge in [-0.1, -0.05) is 12.1 Å². The first-order chi connectivity index (χ1) is 13.3. The molecule has 1 heterocycles. The summed E-state index contributed by atoms with van der Waals surface area (Å²) >= 11 is 0. The Kier molecular flexibility index (Phi) is 5.59. The lowest BCUT2D eigenvalue weighted by atomic mass is 10.1. The van der Waals surface area contributed by atoms with Crippen LogP contribution >= 0.6 is 0 Å². The van der Waals surface area contributed by atoms with Gasteiger partial charge in [0.15, 0.2) is 11.9 Å². The Hall–Kier alpha value is -3.41. The van der Waals surface area contributed by atoms with Crippen molar-refractivity contribution in [2.45, 2.75) is 33.3 Å². The normalized spacial score (nSPS) is 11.8. The van der Waals surface area contributed by atoms with Crippen molar-refractivity contribution in [2.75, 3.05) is 5.32 Å². The maximum Gasteiger partial charge on any atom is 0.311 e. The Balaban J connectivity index is 1.58. The summed E-state index contributed by atoms with van der Waals surface area (Å²) in [4.78, 5) is 35.8. The number of amides is 1. The third-order valence-electron chi connectivity index (χ3n) is 4.38. The van der Waals surface area contributed by atoms with E-state index in [9.17, 15) is 14.4 Å². The first-order valence-electron chi connectivity index (χ1n) is 8.91. The van der Waals surface area contributed by atoms with Crippen molar-refractivity contribution < 1.29 is 23.5 Å². The first kappa shape index (κ1) is 19.4. The molecule has 144 valence electrons. The van der Waals surface area contributed by atoms with Crippen LogP contribution in [0.15, 0.2) is 53.1 Å². The van der Waals surface area contributed by atoms with Gasteiger partial charge in [-0.3, -0.25) is 14.4 Å². The predicted octanol–water partition coefficient (Wildman–Crippen LogP) is 4.06. The van der Waals surface area contributed by atoms with Crippen LogP contribution in [-0.4, -0.2) is 23.8 Å². The van der Waals surface area contributed by atoms with Gasteiger partial charge in [-0.2, -0.15) is 0 Å². The molecule has 3 aromatic rings. The fourth-order valence-electron chi connectivity index (χ4n) is 2.81. The summed E-state index contributed by atoms with van der Waals surface area (Å²) in [6, 6.07) is 12.3. The Morgan fingerprint density at radius 2 is 1.82 bits per heavy atom. The van der Waals surface area contributed by atoms with Crippen LogP contribution in [0.5, 0.6) is 0 Å². The minimum atomic E-state index is -0.958. The summed E-state index contributed by atoms with van der Waals surface area (Å²) in [5.74, 6) is -1.02. The fraction of sp³-hybridized carbons (Fsp3) is 0.227. The zero-order valence-electron chi connectivity index (χ0n) is 15.9. The highest BCUT2D eigenvalue weighted by Crippen LogP contribution is 2.23. The molecule has 0 aliphatic rings. The molecular weight excluding hydrogens is 358 g/mol. The minimum Gasteiger partial charge on any atom is -0.464 e. The monoisotopic (exact) mass is 379 g/mol. The van der Waals surface area contributed by atoms with Crippen molar-refractivity contribution in [1.29, 1.82) is 0 Å². The van der Waals surface area contributed by atoms with Gasteiger partial charge in [-0.05, 0) is 56.7 Å². The molecule has 6 heteroatoms. The molecule has 0 radical (unpaired) electrons. The van der Waals surface area contributed by atoms with Crippen LogP contribution in [0.1, 0.15) is 35.3 Å². The molecule has 0 saturated carbocycles. The second-order valence-electron chi connectivity index (χ2n) is 6.69. The van der Waals surface area contributed by atoms with E-state index in [1.54, 1.807) is 24.3 Å². The number of Topliss-reactive ketones (excluding diaryl/α,β-unsaturated/α-hetero) is 1. The zero-order valence-corrected chi connectivity index (χ0v) is 15.9. The number of esters is 1. The van der Waals surface area contributed by atoms with Gasteiger partial charge in [0.2, 0.25) is 0 Å². The van der Waals surface area contributed by atoms with Gasteiger partial charge in [0.1, 0.15) is 5.58 Å². The van der Waals surface area contributed by atoms with Crippen LogP contribution in [0.25, 0.3) is 11.0 Å². The summed E-state index contributed by atoms with van der Waals surface area (Å²) in [7, 11) is 0. The Labute approximate surface area is 162 Å². The lowest BCUT2D eigenvalue weighted by Crippen LogP contribution is -2.30. The third-order valence-corrected chi connectivity index (χ3v) is 4.38. The highest BCUT2D eigenvalue weighted by Gasteiger charge is 2.19. The molecule has 0 fully saturated rings. The lowest BCUT2D eigenvalue weighted by Gasteiger charge is -2.13. The molecule has 1 aromatic heterocycles. The van der Waals surface area contributed by atoms with Crippen LogP contribution in [0.4, 0.5) is 5.69 Å². The van der Waals surface area contributed by atoms with Crippen molar-refractivity contribution >= 4 is 34.3 Å². The van der Waals surface area contributed by atoms with E-state index in [2.05, 4.69) is 5.32 Å². The van der Waals surface area contributed by atoms with E-state index in [-0.39, 0.29) is 12.2 Å². The van der Waals surface area contributed by atoms with Crippen molar-refractivity contribution in [3.05, 3.63) is 65.4 Å². The standard InChI is InChI=1S/C22H21NO5/c1-13-4-9-19-17(12-27-20(19)10-13)11-21(25)28-15(3)22(26)23-18-7-5-16(6-8-18)14(2)24/h4-10,12,15H,11H2,1-3H3,(H,23,26)/t15-/m0/s1. The quantitative estimate of drug-likeness (QED) is 0.516. The zero-order chi connectivity index (χ0) is 20.3. The molecule has 0 unspecified atom stereocenters. The van der Waals surface area contributed by atoms with Gasteiger partial charge >= 0.3 is 5.97 Å². The number of rotatable bonds is 6. The molecular formula is C22H21NO5. The van der Waals surface area contributed by atoms with Gasteiger partial charge < -0.3 is 14.5 Å². The van der Waals surface area contributed by atoms with E-state index < -0.39 is 18.0 Å². The molecule has 0 saturated heterocycles. The number of benzene rings is 2. The van der Waals surface area contributed by atoms with E-state index in [0.29, 0.717) is 22.4 Å². The number of hydrogen-bond acceptors (Lipinski definition) is 5. The molecule has 3 rings (SSSR count). The smallest absolute Gasteiger partial charge is 0.311 e. The Bertz CT molecular complexity index is 1030. The van der Waals surface area contributed by atoms with Gasteiger partial charge in [0.05, 0.1) is 12.7 Å². The maximum atomic E-state index is 12.2. The number of furan rings is 1. The number of hydrogen-bond donors (Lipinski definition) is 1. The third kappa shape index (κ3) is 4.46. The van der Waals surface area contributed by atoms with Gasteiger partial charge in [-0.25, -0.2) is 0 Å². The number of carbonyl (C=O) groups excluding carboxylic acids is 3. The van der Waals surface area contributed by atoms with E-state index in [4.69, 9.17) is 9.15 Å². The summed E-state index contributed by atoms with van der Waals surface area (Å²) in [6.07, 6.45) is 0.591. The molecule has 28 heavy (non-hydrogen) atoms. The number of anilines is 1. The Morgan fingerprint density at radius 1 is 1.11 bits per heavy atom. The largest absolute Gasteiger partial charge is 0.464 e. The van der Waals surface area contributed by atoms with Crippen molar-refractivity contribution in [1.82, 2.24) is 0 Å². The summed E-state index contributed by atoms with van der Waals surface area (Å²) < 4.78 is 10.7. The molecule has 0 bridgehead atoms. The molecule has 1 N–H and O–H groups in total. The average Bonchev–Trinajstić information content (AvgIpc) is 3.03. The van der Waals surface area contributed by atoms with Crippen LogP contribution < -0.4 is 5.32 Å². The topological polar surface area (TPSA) is 85.6 Å². The van der Waals surface area contributed by atoms with Gasteiger partial charge in [-0.15, -0.1) is 0 Å². The van der Waals surface area contributed by atoms with E-state index in [1.165, 1.54) is 20.1 Å². The molecule has 0 aliphatic carbocycles. The summed E-state index contributed by atoms with van der Waals surface area (Å²) in [5.41, 5.74) is 3.57. The molecule has 6 nitrogen and oxygen atoms in total. The highest BCUT2D eigenvalue weighted by atomic mass is 16.5. The van der Waals surface area contributed by atoms with E-state index in [0.717, 1.165) is 10.9 Å². The number of carbonyl (C=O) groups is 3. The van der Waals surface area contributed by atoms with Gasteiger partial charge in [0.25, 0.3) is 5.91 Å². The molecule has 1 atom stereocenters. The van der Waals surface area contributed by atoms with E-state index >= 15 is 0 Å². The van der Waals surface area contributed by atoms with Crippen molar-refractivity contribution in [3.8, 4) is 0 Å².